The molecule has 1 saturated carbocycles. The summed E-state index contributed by atoms with van der Waals surface area (Å²) in [7, 11) is -1.03. The summed E-state index contributed by atoms with van der Waals surface area (Å²) >= 11 is 6.18. The van der Waals surface area contributed by atoms with E-state index in [1.807, 2.05) is 7.05 Å². The summed E-state index contributed by atoms with van der Waals surface area (Å²) in [4.78, 5) is 14.6. The highest BCUT2D eigenvalue weighted by atomic mass is 35.5. The second-order valence-electron chi connectivity index (χ2n) is 7.54. The van der Waals surface area contributed by atoms with Gasteiger partial charge in [-0.05, 0) is 32.2 Å². The largest absolute Gasteiger partial charge is 0.300 e. The zero-order valence-corrected chi connectivity index (χ0v) is 15.8. The lowest BCUT2D eigenvalue weighted by atomic mass is 9.76. The standard InChI is InChI=1S/C15H26ClFN4O3S/c1-21-6-13(18-8-21)9-4-11(14(17)12(16)5-9)15(22)20-19-10-2-3-25(23,24)7-10/h9-14,18-19H,2-8H2,1H3,(H,20,22). The minimum absolute atomic E-state index is 0.00388. The van der Waals surface area contributed by atoms with Gasteiger partial charge < -0.3 is 0 Å². The lowest BCUT2D eigenvalue weighted by Crippen LogP contribution is -2.53. The van der Waals surface area contributed by atoms with Gasteiger partial charge in [-0.25, -0.2) is 18.2 Å². The molecular formula is C15H26ClFN4O3S. The monoisotopic (exact) mass is 396 g/mol. The number of carbonyl (C=O) groups is 1. The summed E-state index contributed by atoms with van der Waals surface area (Å²) in [5.41, 5.74) is 5.27. The van der Waals surface area contributed by atoms with Gasteiger partial charge in [-0.2, -0.15) is 0 Å². The molecule has 0 radical (unpaired) electrons. The van der Waals surface area contributed by atoms with Gasteiger partial charge in [0.25, 0.3) is 0 Å². The molecule has 144 valence electrons. The number of halogens is 2. The van der Waals surface area contributed by atoms with Crippen molar-refractivity contribution in [1.29, 1.82) is 0 Å². The van der Waals surface area contributed by atoms with Crippen molar-refractivity contribution < 1.29 is 17.6 Å². The number of rotatable bonds is 4. The van der Waals surface area contributed by atoms with Crippen LogP contribution in [0.25, 0.3) is 0 Å². The van der Waals surface area contributed by atoms with Gasteiger partial charge in [0.05, 0.1) is 22.8 Å². The maximum absolute atomic E-state index is 14.5. The van der Waals surface area contributed by atoms with Crippen molar-refractivity contribution in [1.82, 2.24) is 21.1 Å². The van der Waals surface area contributed by atoms with E-state index in [2.05, 4.69) is 21.1 Å². The Balaban J connectivity index is 1.56. The smallest absolute Gasteiger partial charge is 0.240 e. The normalized spacial score (nSPS) is 41.7. The maximum Gasteiger partial charge on any atom is 0.240 e. The molecule has 0 spiro atoms. The highest BCUT2D eigenvalue weighted by Crippen LogP contribution is 2.37. The third-order valence-electron chi connectivity index (χ3n) is 5.48. The highest BCUT2D eigenvalue weighted by Gasteiger charge is 2.44. The molecule has 2 heterocycles. The number of sulfone groups is 1. The van der Waals surface area contributed by atoms with E-state index in [1.54, 1.807) is 0 Å². The van der Waals surface area contributed by atoms with Gasteiger partial charge in [0.15, 0.2) is 9.84 Å². The van der Waals surface area contributed by atoms with E-state index in [4.69, 9.17) is 11.6 Å². The van der Waals surface area contributed by atoms with Gasteiger partial charge in [-0.1, -0.05) is 0 Å². The number of nitrogens with zero attached hydrogens (tertiary/aromatic N) is 1. The Labute approximate surface area is 152 Å². The molecule has 2 aliphatic heterocycles. The molecule has 6 atom stereocenters. The van der Waals surface area contributed by atoms with E-state index < -0.39 is 33.2 Å². The molecule has 3 N–H and O–H groups in total. The maximum atomic E-state index is 14.5. The van der Waals surface area contributed by atoms with Gasteiger partial charge in [-0.3, -0.25) is 20.4 Å². The van der Waals surface area contributed by atoms with Gasteiger partial charge in [0, 0.05) is 25.3 Å². The summed E-state index contributed by atoms with van der Waals surface area (Å²) in [6.45, 7) is 1.64. The van der Waals surface area contributed by atoms with Crippen molar-refractivity contribution in [3.8, 4) is 0 Å². The van der Waals surface area contributed by atoms with Crippen LogP contribution in [-0.4, -0.2) is 74.6 Å². The molecule has 25 heavy (non-hydrogen) atoms. The second-order valence-corrected chi connectivity index (χ2v) is 10.3. The Bertz CT molecular complexity index is 608. The van der Waals surface area contributed by atoms with Crippen molar-refractivity contribution in [3.63, 3.8) is 0 Å². The number of hydrogen-bond donors (Lipinski definition) is 3. The van der Waals surface area contributed by atoms with Crippen LogP contribution >= 0.6 is 11.6 Å². The first-order valence-corrected chi connectivity index (χ1v) is 11.0. The van der Waals surface area contributed by atoms with Crippen LogP contribution in [0, 0.1) is 11.8 Å². The SMILES string of the molecule is CN1CNC(C2CC(Cl)C(F)C(C(=O)NNC3CCS(=O)(=O)C3)C2)C1. The quantitative estimate of drug-likeness (QED) is 0.443. The Morgan fingerprint density at radius 2 is 2.12 bits per heavy atom. The number of amides is 1. The number of hydrogen-bond acceptors (Lipinski definition) is 6. The summed E-state index contributed by atoms with van der Waals surface area (Å²) in [6, 6.07) is -0.106. The molecule has 3 aliphatic rings. The van der Waals surface area contributed by atoms with Crippen molar-refractivity contribution >= 4 is 27.3 Å². The second kappa shape index (κ2) is 7.64. The van der Waals surface area contributed by atoms with Crippen molar-refractivity contribution in [2.75, 3.05) is 31.8 Å². The molecule has 3 fully saturated rings. The van der Waals surface area contributed by atoms with E-state index in [9.17, 15) is 17.6 Å². The molecule has 6 unspecified atom stereocenters. The average molecular weight is 397 g/mol. The first kappa shape index (κ1) is 19.3. The molecule has 0 aromatic carbocycles. The van der Waals surface area contributed by atoms with E-state index in [-0.39, 0.29) is 29.5 Å². The van der Waals surface area contributed by atoms with Crippen LogP contribution in [0.3, 0.4) is 0 Å². The van der Waals surface area contributed by atoms with Crippen LogP contribution in [-0.2, 0) is 14.6 Å². The molecular weight excluding hydrogens is 371 g/mol. The average Bonchev–Trinajstić information content (AvgIpc) is 3.13. The van der Waals surface area contributed by atoms with Crippen LogP contribution in [0.1, 0.15) is 19.3 Å². The Morgan fingerprint density at radius 3 is 2.72 bits per heavy atom. The molecule has 2 saturated heterocycles. The van der Waals surface area contributed by atoms with Gasteiger partial charge in [0.1, 0.15) is 6.17 Å². The van der Waals surface area contributed by atoms with Gasteiger partial charge >= 0.3 is 0 Å². The molecule has 7 nitrogen and oxygen atoms in total. The van der Waals surface area contributed by atoms with Crippen molar-refractivity contribution in [2.45, 2.75) is 42.9 Å². The minimum Gasteiger partial charge on any atom is -0.300 e. The summed E-state index contributed by atoms with van der Waals surface area (Å²) in [6.07, 6.45) is 0.0375. The summed E-state index contributed by atoms with van der Waals surface area (Å²) < 4.78 is 37.4. The third-order valence-corrected chi connectivity index (χ3v) is 7.67. The lowest BCUT2D eigenvalue weighted by molar-refractivity contribution is -0.130. The molecule has 10 heteroatoms. The van der Waals surface area contributed by atoms with E-state index in [0.29, 0.717) is 19.3 Å². The zero-order valence-electron chi connectivity index (χ0n) is 14.2. The van der Waals surface area contributed by atoms with E-state index >= 15 is 0 Å². The van der Waals surface area contributed by atoms with E-state index in [0.717, 1.165) is 13.2 Å². The fourth-order valence-corrected chi connectivity index (χ4v) is 6.11. The first-order chi connectivity index (χ1) is 11.7. The number of hydrazine groups is 1. The van der Waals surface area contributed by atoms with Gasteiger partial charge in [-0.15, -0.1) is 11.6 Å². The Hall–Kier alpha value is -0.480. The number of carbonyl (C=O) groups excluding carboxylic acids is 1. The fourth-order valence-electron chi connectivity index (χ4n) is 4.03. The predicted octanol–water partition coefficient (Wildman–Crippen LogP) is -0.373. The molecule has 1 amide bonds. The number of nitrogens with one attached hydrogen (secondary N) is 3. The van der Waals surface area contributed by atoms with E-state index in [1.165, 1.54) is 0 Å². The Morgan fingerprint density at radius 1 is 1.36 bits per heavy atom. The van der Waals surface area contributed by atoms with Crippen LogP contribution in [0.2, 0.25) is 0 Å². The first-order valence-electron chi connectivity index (χ1n) is 8.71. The summed E-state index contributed by atoms with van der Waals surface area (Å²) in [5.74, 6) is -1.02. The zero-order chi connectivity index (χ0) is 18.2. The molecule has 0 aromatic heterocycles. The molecule has 0 bridgehead atoms. The minimum atomic E-state index is -3.03. The van der Waals surface area contributed by atoms with Crippen LogP contribution in [0.5, 0.6) is 0 Å². The Kier molecular flexibility index (Phi) is 5.89. The van der Waals surface area contributed by atoms with Crippen LogP contribution < -0.4 is 16.2 Å². The topological polar surface area (TPSA) is 90.5 Å². The molecule has 3 rings (SSSR count). The lowest BCUT2D eigenvalue weighted by Gasteiger charge is -2.37. The highest BCUT2D eigenvalue weighted by molar-refractivity contribution is 7.91. The number of likely N-dealkylation sites (N-methyl/N-ethyl adjacent to an activating group) is 1. The predicted molar refractivity (Wildman–Crippen MR) is 93.5 cm³/mol. The summed E-state index contributed by atoms with van der Waals surface area (Å²) in [5, 5.41) is 2.70. The van der Waals surface area contributed by atoms with Crippen LogP contribution in [0.4, 0.5) is 4.39 Å². The van der Waals surface area contributed by atoms with Crippen molar-refractivity contribution in [3.05, 3.63) is 0 Å². The van der Waals surface area contributed by atoms with Gasteiger partial charge in [0.2, 0.25) is 5.91 Å². The van der Waals surface area contributed by atoms with Crippen LogP contribution in [0.15, 0.2) is 0 Å². The number of alkyl halides is 2. The molecule has 1 aliphatic carbocycles. The third kappa shape index (κ3) is 4.63. The van der Waals surface area contributed by atoms with Crippen molar-refractivity contribution in [2.24, 2.45) is 11.8 Å². The molecule has 0 aromatic rings. The fraction of sp³-hybridized carbons (Fsp3) is 0.933.